The zero-order valence-electron chi connectivity index (χ0n) is 11.6. The third kappa shape index (κ3) is 3.68. The van der Waals surface area contributed by atoms with Gasteiger partial charge in [0.05, 0.1) is 5.52 Å². The molecule has 1 atom stereocenters. The first-order chi connectivity index (χ1) is 9.06. The van der Waals surface area contributed by atoms with Crippen LogP contribution in [0.15, 0.2) is 18.2 Å². The highest BCUT2D eigenvalue weighted by Crippen LogP contribution is 2.23. The number of hydrogen-bond donors (Lipinski definition) is 3. The standard InChI is InChI=1S/C14H21N3O2/c1-9(2)15-7-11(18)8-19-13-6-4-5-12-14(13)17-10(3)16-12/h4-6,9,11,15,18H,7-8H2,1-3H3,(H,16,17). The number of rotatable bonds is 6. The van der Waals surface area contributed by atoms with Crippen LogP contribution in [0.1, 0.15) is 19.7 Å². The summed E-state index contributed by atoms with van der Waals surface area (Å²) in [6.07, 6.45) is -0.530. The molecule has 1 aromatic heterocycles. The molecule has 0 spiro atoms. The van der Waals surface area contributed by atoms with E-state index in [1.807, 2.05) is 39.0 Å². The van der Waals surface area contributed by atoms with Gasteiger partial charge < -0.3 is 20.1 Å². The van der Waals surface area contributed by atoms with Gasteiger partial charge in [-0.1, -0.05) is 19.9 Å². The van der Waals surface area contributed by atoms with Gasteiger partial charge in [0.25, 0.3) is 0 Å². The van der Waals surface area contributed by atoms with Crippen molar-refractivity contribution >= 4 is 11.0 Å². The topological polar surface area (TPSA) is 70.2 Å². The molecular formula is C14H21N3O2. The predicted octanol–water partition coefficient (Wildman–Crippen LogP) is 1.61. The quantitative estimate of drug-likeness (QED) is 0.740. The average molecular weight is 263 g/mol. The van der Waals surface area contributed by atoms with Crippen LogP contribution in [-0.4, -0.2) is 40.4 Å². The van der Waals surface area contributed by atoms with Crippen LogP contribution in [0.4, 0.5) is 0 Å². The fourth-order valence-corrected chi connectivity index (χ4v) is 1.86. The molecule has 0 bridgehead atoms. The van der Waals surface area contributed by atoms with E-state index in [0.29, 0.717) is 18.3 Å². The third-order valence-electron chi connectivity index (χ3n) is 2.79. The van der Waals surface area contributed by atoms with E-state index in [-0.39, 0.29) is 6.61 Å². The number of nitrogens with zero attached hydrogens (tertiary/aromatic N) is 1. The number of aliphatic hydroxyl groups excluding tert-OH is 1. The van der Waals surface area contributed by atoms with Crippen molar-refractivity contribution in [3.05, 3.63) is 24.0 Å². The maximum Gasteiger partial charge on any atom is 0.147 e. The molecule has 2 rings (SSSR count). The Morgan fingerprint density at radius 3 is 2.95 bits per heavy atom. The molecule has 0 aliphatic rings. The van der Waals surface area contributed by atoms with Crippen LogP contribution in [0, 0.1) is 6.92 Å². The van der Waals surface area contributed by atoms with E-state index in [0.717, 1.165) is 16.9 Å². The summed E-state index contributed by atoms with van der Waals surface area (Å²) < 4.78 is 5.65. The minimum atomic E-state index is -0.530. The number of hydrogen-bond acceptors (Lipinski definition) is 4. The van der Waals surface area contributed by atoms with Gasteiger partial charge in [-0.25, -0.2) is 4.98 Å². The normalized spacial score (nSPS) is 13.1. The molecule has 3 N–H and O–H groups in total. The van der Waals surface area contributed by atoms with Gasteiger partial charge in [-0.05, 0) is 19.1 Å². The number of para-hydroxylation sites is 1. The summed E-state index contributed by atoms with van der Waals surface area (Å²) in [6, 6.07) is 6.09. The molecule has 0 radical (unpaired) electrons. The number of aliphatic hydroxyl groups is 1. The number of aromatic amines is 1. The second-order valence-corrected chi connectivity index (χ2v) is 5.00. The van der Waals surface area contributed by atoms with Crippen LogP contribution in [0.5, 0.6) is 5.75 Å². The summed E-state index contributed by atoms with van der Waals surface area (Å²) >= 11 is 0. The maximum atomic E-state index is 9.82. The molecule has 2 aromatic rings. The molecule has 1 aromatic carbocycles. The van der Waals surface area contributed by atoms with E-state index in [2.05, 4.69) is 15.3 Å². The van der Waals surface area contributed by atoms with Gasteiger partial charge in [0.15, 0.2) is 0 Å². The summed E-state index contributed by atoms with van der Waals surface area (Å²) in [4.78, 5) is 7.55. The summed E-state index contributed by atoms with van der Waals surface area (Å²) in [5, 5.41) is 13.0. The number of fused-ring (bicyclic) bond motifs is 1. The molecule has 0 fully saturated rings. The fourth-order valence-electron chi connectivity index (χ4n) is 1.86. The number of aryl methyl sites for hydroxylation is 1. The van der Waals surface area contributed by atoms with E-state index < -0.39 is 6.10 Å². The summed E-state index contributed by atoms with van der Waals surface area (Å²) in [5.74, 6) is 1.55. The molecule has 0 aliphatic carbocycles. The zero-order chi connectivity index (χ0) is 13.8. The minimum absolute atomic E-state index is 0.255. The molecule has 0 saturated heterocycles. The average Bonchev–Trinajstić information content (AvgIpc) is 2.74. The Hall–Kier alpha value is -1.59. The molecule has 0 amide bonds. The van der Waals surface area contributed by atoms with Gasteiger partial charge in [-0.15, -0.1) is 0 Å². The third-order valence-corrected chi connectivity index (χ3v) is 2.79. The van der Waals surface area contributed by atoms with Crippen LogP contribution in [0.3, 0.4) is 0 Å². The second-order valence-electron chi connectivity index (χ2n) is 5.00. The van der Waals surface area contributed by atoms with Gasteiger partial charge in [0.2, 0.25) is 0 Å². The van der Waals surface area contributed by atoms with Crippen molar-refractivity contribution in [1.29, 1.82) is 0 Å². The Morgan fingerprint density at radius 1 is 1.42 bits per heavy atom. The van der Waals surface area contributed by atoms with Crippen LogP contribution in [0.25, 0.3) is 11.0 Å². The van der Waals surface area contributed by atoms with Crippen molar-refractivity contribution in [2.24, 2.45) is 0 Å². The smallest absolute Gasteiger partial charge is 0.147 e. The number of benzene rings is 1. The fraction of sp³-hybridized carbons (Fsp3) is 0.500. The molecule has 1 heterocycles. The summed E-state index contributed by atoms with van der Waals surface area (Å²) in [5.41, 5.74) is 1.76. The Bertz CT molecular complexity index is 536. The second kappa shape index (κ2) is 6.04. The highest BCUT2D eigenvalue weighted by molar-refractivity contribution is 5.81. The lowest BCUT2D eigenvalue weighted by atomic mass is 10.3. The zero-order valence-corrected chi connectivity index (χ0v) is 11.6. The molecule has 5 nitrogen and oxygen atoms in total. The lowest BCUT2D eigenvalue weighted by molar-refractivity contribution is 0.105. The first-order valence-electron chi connectivity index (χ1n) is 6.56. The molecule has 5 heteroatoms. The number of nitrogens with one attached hydrogen (secondary N) is 2. The maximum absolute atomic E-state index is 9.82. The van der Waals surface area contributed by atoms with Gasteiger partial charge in [-0.3, -0.25) is 0 Å². The Kier molecular flexibility index (Phi) is 4.39. The van der Waals surface area contributed by atoms with Crippen molar-refractivity contribution in [3.8, 4) is 5.75 Å². The van der Waals surface area contributed by atoms with Crippen LogP contribution in [-0.2, 0) is 0 Å². The largest absolute Gasteiger partial charge is 0.488 e. The van der Waals surface area contributed by atoms with Crippen LogP contribution >= 0.6 is 0 Å². The van der Waals surface area contributed by atoms with E-state index in [1.165, 1.54) is 0 Å². The lowest BCUT2D eigenvalue weighted by Gasteiger charge is -2.15. The van der Waals surface area contributed by atoms with Crippen molar-refractivity contribution in [3.63, 3.8) is 0 Å². The molecule has 1 unspecified atom stereocenters. The van der Waals surface area contributed by atoms with Crippen molar-refractivity contribution in [2.75, 3.05) is 13.2 Å². The Balaban J connectivity index is 1.97. The van der Waals surface area contributed by atoms with Crippen molar-refractivity contribution < 1.29 is 9.84 Å². The SMILES string of the molecule is Cc1nc2c(OCC(O)CNC(C)C)cccc2[nH]1. The summed E-state index contributed by atoms with van der Waals surface area (Å²) in [6.45, 7) is 6.77. The molecule has 0 aliphatic heterocycles. The monoisotopic (exact) mass is 263 g/mol. The first-order valence-corrected chi connectivity index (χ1v) is 6.56. The van der Waals surface area contributed by atoms with Gasteiger partial charge in [0, 0.05) is 12.6 Å². The highest BCUT2D eigenvalue weighted by atomic mass is 16.5. The Morgan fingerprint density at radius 2 is 2.21 bits per heavy atom. The van der Waals surface area contributed by atoms with E-state index in [1.54, 1.807) is 0 Å². The molecule has 19 heavy (non-hydrogen) atoms. The number of imidazole rings is 1. The van der Waals surface area contributed by atoms with E-state index in [4.69, 9.17) is 4.74 Å². The van der Waals surface area contributed by atoms with Crippen molar-refractivity contribution in [2.45, 2.75) is 32.9 Å². The molecular weight excluding hydrogens is 242 g/mol. The Labute approximate surface area is 113 Å². The predicted molar refractivity (Wildman–Crippen MR) is 75.5 cm³/mol. The van der Waals surface area contributed by atoms with Gasteiger partial charge in [0.1, 0.15) is 29.8 Å². The van der Waals surface area contributed by atoms with E-state index in [9.17, 15) is 5.11 Å². The number of H-pyrrole nitrogens is 1. The minimum Gasteiger partial charge on any atom is -0.488 e. The molecule has 104 valence electrons. The summed E-state index contributed by atoms with van der Waals surface area (Å²) in [7, 11) is 0. The van der Waals surface area contributed by atoms with Gasteiger partial charge >= 0.3 is 0 Å². The number of ether oxygens (including phenoxy) is 1. The first kappa shape index (κ1) is 13.8. The van der Waals surface area contributed by atoms with E-state index >= 15 is 0 Å². The lowest BCUT2D eigenvalue weighted by Crippen LogP contribution is -2.35. The van der Waals surface area contributed by atoms with Gasteiger partial charge in [-0.2, -0.15) is 0 Å². The highest BCUT2D eigenvalue weighted by Gasteiger charge is 2.09. The van der Waals surface area contributed by atoms with Crippen LogP contribution in [0.2, 0.25) is 0 Å². The van der Waals surface area contributed by atoms with Crippen LogP contribution < -0.4 is 10.1 Å². The van der Waals surface area contributed by atoms with Crippen molar-refractivity contribution in [1.82, 2.24) is 15.3 Å². The number of aromatic nitrogens is 2. The molecule has 0 saturated carbocycles.